The third-order valence-electron chi connectivity index (χ3n) is 2.42. The van der Waals surface area contributed by atoms with Crippen LogP contribution in [0, 0.1) is 5.82 Å². The largest absolute Gasteiger partial charge is 0.334 e. The number of rotatable bonds is 3. The van der Waals surface area contributed by atoms with Crippen LogP contribution in [0.5, 0.6) is 0 Å². The molecule has 0 fully saturated rings. The number of aromatic nitrogens is 2. The highest BCUT2D eigenvalue weighted by Gasteiger charge is 2.17. The smallest absolute Gasteiger partial charge is 0.259 e. The van der Waals surface area contributed by atoms with Crippen LogP contribution in [0.2, 0.25) is 5.02 Å². The average Bonchev–Trinajstić information content (AvgIpc) is 2.81. The van der Waals surface area contributed by atoms with Crippen LogP contribution in [0.3, 0.4) is 0 Å². The van der Waals surface area contributed by atoms with Crippen molar-refractivity contribution in [1.29, 1.82) is 0 Å². The van der Waals surface area contributed by atoms with Crippen molar-refractivity contribution in [2.24, 2.45) is 5.73 Å². The minimum absolute atomic E-state index is 0.0140. The molecular weight excluding hydrogens is 245 g/mol. The maximum atomic E-state index is 13.3. The van der Waals surface area contributed by atoms with Crippen molar-refractivity contribution < 1.29 is 8.91 Å². The van der Waals surface area contributed by atoms with Crippen LogP contribution < -0.4 is 5.73 Å². The van der Waals surface area contributed by atoms with Crippen molar-refractivity contribution in [3.8, 4) is 11.5 Å². The lowest BCUT2D eigenvalue weighted by Gasteiger charge is -2.00. The Morgan fingerprint density at radius 1 is 1.53 bits per heavy atom. The third kappa shape index (κ3) is 2.30. The number of nitrogens with two attached hydrogens (primary N) is 1. The first kappa shape index (κ1) is 12.0. The molecule has 0 radical (unpaired) electrons. The monoisotopic (exact) mass is 255 g/mol. The predicted octanol–water partition coefficient (Wildman–Crippen LogP) is 2.59. The lowest BCUT2D eigenvalue weighted by molar-refractivity contribution is 0.417. The van der Waals surface area contributed by atoms with Crippen LogP contribution in [0.25, 0.3) is 11.5 Å². The zero-order valence-corrected chi connectivity index (χ0v) is 9.91. The van der Waals surface area contributed by atoms with Gasteiger partial charge in [-0.2, -0.15) is 4.98 Å². The van der Waals surface area contributed by atoms with Crippen molar-refractivity contribution in [3.05, 3.63) is 34.9 Å². The number of halogens is 2. The van der Waals surface area contributed by atoms with Gasteiger partial charge in [0.1, 0.15) is 5.82 Å². The van der Waals surface area contributed by atoms with E-state index in [1.54, 1.807) is 6.07 Å². The first-order valence-electron chi connectivity index (χ1n) is 5.11. The van der Waals surface area contributed by atoms with Gasteiger partial charge in [0.05, 0.1) is 10.6 Å². The van der Waals surface area contributed by atoms with Gasteiger partial charge in [-0.25, -0.2) is 4.39 Å². The van der Waals surface area contributed by atoms with Crippen LogP contribution in [-0.4, -0.2) is 16.7 Å². The summed E-state index contributed by atoms with van der Waals surface area (Å²) >= 11 is 5.82. The van der Waals surface area contributed by atoms with Gasteiger partial charge < -0.3 is 10.3 Å². The summed E-state index contributed by atoms with van der Waals surface area (Å²) < 4.78 is 18.3. The van der Waals surface area contributed by atoms with E-state index in [9.17, 15) is 4.39 Å². The van der Waals surface area contributed by atoms with E-state index in [0.717, 1.165) is 0 Å². The molecular formula is C11H11ClFN3O. The van der Waals surface area contributed by atoms with E-state index in [2.05, 4.69) is 10.1 Å². The van der Waals surface area contributed by atoms with E-state index in [0.29, 0.717) is 17.9 Å². The highest BCUT2D eigenvalue weighted by Crippen LogP contribution is 2.29. The Labute approximate surface area is 103 Å². The molecule has 0 aliphatic rings. The summed E-state index contributed by atoms with van der Waals surface area (Å²) in [5, 5.41) is 3.76. The van der Waals surface area contributed by atoms with Gasteiger partial charge in [0.2, 0.25) is 0 Å². The number of hydrogen-bond acceptors (Lipinski definition) is 4. The summed E-state index contributed by atoms with van der Waals surface area (Å²) in [6.07, 6.45) is 0. The van der Waals surface area contributed by atoms with Gasteiger partial charge in [0.15, 0.2) is 5.82 Å². The Kier molecular flexibility index (Phi) is 3.40. The van der Waals surface area contributed by atoms with E-state index in [-0.39, 0.29) is 16.8 Å². The molecule has 0 saturated heterocycles. The van der Waals surface area contributed by atoms with E-state index < -0.39 is 5.82 Å². The fourth-order valence-corrected chi connectivity index (χ4v) is 1.53. The zero-order valence-electron chi connectivity index (χ0n) is 9.15. The van der Waals surface area contributed by atoms with Crippen LogP contribution in [-0.2, 0) is 0 Å². The average molecular weight is 256 g/mol. The summed E-state index contributed by atoms with van der Waals surface area (Å²) in [4.78, 5) is 4.14. The summed E-state index contributed by atoms with van der Waals surface area (Å²) in [6.45, 7) is 2.29. The van der Waals surface area contributed by atoms with Crippen molar-refractivity contribution in [2.75, 3.05) is 6.54 Å². The van der Waals surface area contributed by atoms with E-state index in [4.69, 9.17) is 21.9 Å². The molecule has 2 rings (SSSR count). The summed E-state index contributed by atoms with van der Waals surface area (Å²) in [5.41, 5.74) is 5.88. The van der Waals surface area contributed by atoms with Gasteiger partial charge >= 0.3 is 0 Å². The molecule has 0 saturated carbocycles. The lowest BCUT2D eigenvalue weighted by Crippen LogP contribution is -2.10. The molecule has 1 atom stereocenters. The highest BCUT2D eigenvalue weighted by atomic mass is 35.5. The Bertz CT molecular complexity index is 529. The van der Waals surface area contributed by atoms with E-state index in [1.807, 2.05) is 6.92 Å². The molecule has 4 nitrogen and oxygen atoms in total. The molecule has 0 amide bonds. The topological polar surface area (TPSA) is 64.9 Å². The maximum Gasteiger partial charge on any atom is 0.259 e. The van der Waals surface area contributed by atoms with E-state index >= 15 is 0 Å². The number of nitrogens with zero attached hydrogens (tertiary/aromatic N) is 2. The van der Waals surface area contributed by atoms with E-state index in [1.165, 1.54) is 12.1 Å². The molecule has 17 heavy (non-hydrogen) atoms. The minimum atomic E-state index is -0.518. The lowest BCUT2D eigenvalue weighted by atomic mass is 10.2. The molecule has 0 spiro atoms. The predicted molar refractivity (Wildman–Crippen MR) is 62.2 cm³/mol. The Morgan fingerprint density at radius 3 is 3.00 bits per heavy atom. The molecule has 1 heterocycles. The highest BCUT2D eigenvalue weighted by molar-refractivity contribution is 6.33. The fraction of sp³-hybridized carbons (Fsp3) is 0.273. The number of hydrogen-bond donors (Lipinski definition) is 1. The Balaban J connectivity index is 2.40. The van der Waals surface area contributed by atoms with Crippen LogP contribution in [0.1, 0.15) is 18.7 Å². The third-order valence-corrected chi connectivity index (χ3v) is 2.80. The van der Waals surface area contributed by atoms with Gasteiger partial charge in [-0.15, -0.1) is 0 Å². The van der Waals surface area contributed by atoms with Gasteiger partial charge in [0, 0.05) is 12.5 Å². The molecule has 0 aliphatic heterocycles. The summed E-state index contributed by atoms with van der Waals surface area (Å²) in [7, 11) is 0. The Hall–Kier alpha value is -1.46. The van der Waals surface area contributed by atoms with Crippen molar-refractivity contribution >= 4 is 11.6 Å². The first-order chi connectivity index (χ1) is 8.13. The molecule has 1 aromatic heterocycles. The summed E-state index contributed by atoms with van der Waals surface area (Å²) in [6, 6.07) is 4.42. The Morgan fingerprint density at radius 2 is 2.29 bits per heavy atom. The van der Waals surface area contributed by atoms with Gasteiger partial charge in [-0.3, -0.25) is 0 Å². The molecule has 0 aliphatic carbocycles. The molecule has 1 aromatic carbocycles. The van der Waals surface area contributed by atoms with Crippen molar-refractivity contribution in [1.82, 2.24) is 10.1 Å². The van der Waals surface area contributed by atoms with Gasteiger partial charge in [-0.1, -0.05) is 29.7 Å². The van der Waals surface area contributed by atoms with Gasteiger partial charge in [-0.05, 0) is 12.1 Å². The molecule has 2 N–H and O–H groups in total. The SMILES string of the molecule is CC(CN)c1noc(-c2cccc(F)c2Cl)n1. The second-order valence-electron chi connectivity index (χ2n) is 3.70. The van der Waals surface area contributed by atoms with Crippen LogP contribution >= 0.6 is 11.6 Å². The molecule has 90 valence electrons. The molecule has 6 heteroatoms. The molecule has 2 aromatic rings. The molecule has 1 unspecified atom stereocenters. The second-order valence-corrected chi connectivity index (χ2v) is 4.07. The summed E-state index contributed by atoms with van der Waals surface area (Å²) in [5.74, 6) is 0.156. The standard InChI is InChI=1S/C11H11ClFN3O/c1-6(5-14)10-15-11(17-16-10)7-3-2-4-8(13)9(7)12/h2-4,6H,5,14H2,1H3. The quantitative estimate of drug-likeness (QED) is 0.916. The van der Waals surface area contributed by atoms with Crippen LogP contribution in [0.15, 0.2) is 22.7 Å². The van der Waals surface area contributed by atoms with Crippen molar-refractivity contribution in [2.45, 2.75) is 12.8 Å². The second kappa shape index (κ2) is 4.81. The number of benzene rings is 1. The maximum absolute atomic E-state index is 13.3. The fourth-order valence-electron chi connectivity index (χ4n) is 1.32. The van der Waals surface area contributed by atoms with Crippen molar-refractivity contribution in [3.63, 3.8) is 0 Å². The van der Waals surface area contributed by atoms with Gasteiger partial charge in [0.25, 0.3) is 5.89 Å². The normalized spacial score (nSPS) is 12.7. The minimum Gasteiger partial charge on any atom is -0.334 e. The zero-order chi connectivity index (χ0) is 12.4. The molecule has 0 bridgehead atoms. The van der Waals surface area contributed by atoms with Crippen LogP contribution in [0.4, 0.5) is 4.39 Å². The first-order valence-corrected chi connectivity index (χ1v) is 5.49.